The fourth-order valence-electron chi connectivity index (χ4n) is 1.30. The molecule has 0 bridgehead atoms. The number of nitrogens with two attached hydrogens (primary N) is 2. The molecule has 17 heavy (non-hydrogen) atoms. The largest absolute Gasteiger partial charge is 0.366 e. The van der Waals surface area contributed by atoms with Crippen molar-refractivity contribution < 1.29 is 9.59 Å². The molecule has 0 aromatic heterocycles. The number of benzene rings is 1. The van der Waals surface area contributed by atoms with E-state index >= 15 is 0 Å². The van der Waals surface area contributed by atoms with Gasteiger partial charge in [-0.1, -0.05) is 18.2 Å². The Bertz CT molecular complexity index is 426. The van der Waals surface area contributed by atoms with Crippen molar-refractivity contribution in [3.05, 3.63) is 48.0 Å². The first-order valence-corrected chi connectivity index (χ1v) is 5.09. The van der Waals surface area contributed by atoms with Gasteiger partial charge >= 0.3 is 0 Å². The summed E-state index contributed by atoms with van der Waals surface area (Å²) >= 11 is 0. The summed E-state index contributed by atoms with van der Waals surface area (Å²) in [6.45, 7) is 3.80. The number of carbonyl (C=O) groups is 2. The zero-order chi connectivity index (χ0) is 12.8. The Kier molecular flexibility index (Phi) is 4.42. The number of hydrogen-bond donors (Lipinski definition) is 2. The molecule has 1 aromatic carbocycles. The van der Waals surface area contributed by atoms with Crippen molar-refractivity contribution in [1.82, 2.24) is 5.01 Å². The van der Waals surface area contributed by atoms with Crippen LogP contribution in [0, 0.1) is 0 Å². The first-order valence-electron chi connectivity index (χ1n) is 5.09. The summed E-state index contributed by atoms with van der Waals surface area (Å²) in [7, 11) is 0. The van der Waals surface area contributed by atoms with Crippen molar-refractivity contribution >= 4 is 11.8 Å². The van der Waals surface area contributed by atoms with E-state index < -0.39 is 5.91 Å². The monoisotopic (exact) mass is 233 g/mol. The minimum absolute atomic E-state index is 0.184. The molecule has 5 heteroatoms. The zero-order valence-electron chi connectivity index (χ0n) is 9.43. The van der Waals surface area contributed by atoms with Crippen LogP contribution in [-0.4, -0.2) is 23.4 Å². The van der Waals surface area contributed by atoms with Crippen LogP contribution in [0.15, 0.2) is 36.9 Å². The fourth-order valence-corrected chi connectivity index (χ4v) is 1.30. The number of rotatable bonds is 5. The van der Waals surface area contributed by atoms with Gasteiger partial charge in [0, 0.05) is 5.56 Å². The molecule has 0 aliphatic heterocycles. The molecule has 0 heterocycles. The highest BCUT2D eigenvalue weighted by atomic mass is 16.2. The van der Waals surface area contributed by atoms with Gasteiger partial charge in [0.2, 0.25) is 11.8 Å². The highest BCUT2D eigenvalue weighted by Crippen LogP contribution is 2.05. The first-order chi connectivity index (χ1) is 8.04. The van der Waals surface area contributed by atoms with Crippen molar-refractivity contribution in [1.29, 1.82) is 0 Å². The quantitative estimate of drug-likeness (QED) is 0.330. The Morgan fingerprint density at radius 1 is 1.29 bits per heavy atom. The third kappa shape index (κ3) is 3.73. The van der Waals surface area contributed by atoms with Crippen LogP contribution in [-0.2, 0) is 11.2 Å². The lowest BCUT2D eigenvalue weighted by molar-refractivity contribution is -0.130. The average Bonchev–Trinajstić information content (AvgIpc) is 2.30. The van der Waals surface area contributed by atoms with Gasteiger partial charge in [0.15, 0.2) is 0 Å². The summed E-state index contributed by atoms with van der Waals surface area (Å²) in [5, 5.41) is 1.09. The maximum atomic E-state index is 11.6. The molecule has 4 N–H and O–H groups in total. The maximum absolute atomic E-state index is 11.6. The van der Waals surface area contributed by atoms with Crippen LogP contribution in [0.1, 0.15) is 15.9 Å². The van der Waals surface area contributed by atoms with Crippen LogP contribution in [0.2, 0.25) is 0 Å². The summed E-state index contributed by atoms with van der Waals surface area (Å²) in [5.41, 5.74) is 6.30. The molecule has 0 saturated heterocycles. The topological polar surface area (TPSA) is 89.4 Å². The standard InChI is InChI=1S/C12H15N3O2/c1-2-7-15(14)11(16)8-9-3-5-10(6-4-9)12(13)17/h2-6H,1,7-8,14H2,(H2,13,17). The Morgan fingerprint density at radius 3 is 2.35 bits per heavy atom. The molecule has 0 atom stereocenters. The second-order valence-electron chi connectivity index (χ2n) is 3.57. The van der Waals surface area contributed by atoms with Crippen molar-refractivity contribution in [3.8, 4) is 0 Å². The molecule has 1 rings (SSSR count). The molecule has 5 nitrogen and oxygen atoms in total. The van der Waals surface area contributed by atoms with Crippen LogP contribution in [0.25, 0.3) is 0 Å². The van der Waals surface area contributed by atoms with Crippen molar-refractivity contribution in [2.75, 3.05) is 6.54 Å². The van der Waals surface area contributed by atoms with Crippen molar-refractivity contribution in [3.63, 3.8) is 0 Å². The van der Waals surface area contributed by atoms with E-state index in [1.54, 1.807) is 30.3 Å². The highest BCUT2D eigenvalue weighted by Gasteiger charge is 2.09. The van der Waals surface area contributed by atoms with E-state index in [-0.39, 0.29) is 12.3 Å². The molecule has 0 unspecified atom stereocenters. The van der Waals surface area contributed by atoms with E-state index in [0.29, 0.717) is 12.1 Å². The molecule has 1 aromatic rings. The van der Waals surface area contributed by atoms with E-state index in [0.717, 1.165) is 10.6 Å². The normalized spacial score (nSPS) is 9.71. The van der Waals surface area contributed by atoms with Crippen LogP contribution in [0.5, 0.6) is 0 Å². The minimum atomic E-state index is -0.491. The number of amides is 2. The van der Waals surface area contributed by atoms with E-state index in [9.17, 15) is 9.59 Å². The third-order valence-corrected chi connectivity index (χ3v) is 2.24. The number of hydrazine groups is 1. The van der Waals surface area contributed by atoms with Gasteiger partial charge in [0.25, 0.3) is 0 Å². The molecule has 2 amide bonds. The van der Waals surface area contributed by atoms with Gasteiger partial charge in [-0.2, -0.15) is 0 Å². The van der Waals surface area contributed by atoms with Gasteiger partial charge in [-0.3, -0.25) is 14.6 Å². The fraction of sp³-hybridized carbons (Fsp3) is 0.167. The lowest BCUT2D eigenvalue weighted by Gasteiger charge is -2.14. The molecule has 90 valence electrons. The Labute approximate surface area is 99.7 Å². The highest BCUT2D eigenvalue weighted by molar-refractivity contribution is 5.92. The van der Waals surface area contributed by atoms with E-state index in [2.05, 4.69) is 6.58 Å². The van der Waals surface area contributed by atoms with Gasteiger partial charge in [-0.15, -0.1) is 6.58 Å². The Balaban J connectivity index is 2.66. The van der Waals surface area contributed by atoms with Crippen molar-refractivity contribution in [2.45, 2.75) is 6.42 Å². The SMILES string of the molecule is C=CCN(N)C(=O)Cc1ccc(C(N)=O)cc1. The average molecular weight is 233 g/mol. The summed E-state index contributed by atoms with van der Waals surface area (Å²) in [5.74, 6) is 4.79. The smallest absolute Gasteiger partial charge is 0.248 e. The maximum Gasteiger partial charge on any atom is 0.248 e. The third-order valence-electron chi connectivity index (χ3n) is 2.24. The molecule has 0 spiro atoms. The van der Waals surface area contributed by atoms with Crippen LogP contribution in [0.3, 0.4) is 0 Å². The van der Waals surface area contributed by atoms with Crippen LogP contribution < -0.4 is 11.6 Å². The lowest BCUT2D eigenvalue weighted by Crippen LogP contribution is -2.38. The van der Waals surface area contributed by atoms with Crippen LogP contribution >= 0.6 is 0 Å². The Morgan fingerprint density at radius 2 is 1.88 bits per heavy atom. The summed E-state index contributed by atoms with van der Waals surface area (Å²) in [6.07, 6.45) is 1.73. The number of primary amides is 1. The molecule has 0 aliphatic rings. The number of carbonyl (C=O) groups excluding carboxylic acids is 2. The van der Waals surface area contributed by atoms with E-state index in [4.69, 9.17) is 11.6 Å². The predicted molar refractivity (Wildman–Crippen MR) is 64.8 cm³/mol. The zero-order valence-corrected chi connectivity index (χ0v) is 9.43. The van der Waals surface area contributed by atoms with Gasteiger partial charge in [0.05, 0.1) is 13.0 Å². The van der Waals surface area contributed by atoms with Crippen LogP contribution in [0.4, 0.5) is 0 Å². The van der Waals surface area contributed by atoms with Gasteiger partial charge in [-0.05, 0) is 17.7 Å². The van der Waals surface area contributed by atoms with Gasteiger partial charge < -0.3 is 5.73 Å². The summed E-state index contributed by atoms with van der Waals surface area (Å²) in [4.78, 5) is 22.4. The van der Waals surface area contributed by atoms with Crippen molar-refractivity contribution in [2.24, 2.45) is 11.6 Å². The second-order valence-corrected chi connectivity index (χ2v) is 3.57. The summed E-state index contributed by atoms with van der Waals surface area (Å²) < 4.78 is 0. The molecule has 0 saturated carbocycles. The Hall–Kier alpha value is -2.14. The molecule has 0 radical (unpaired) electrons. The molecule has 0 aliphatic carbocycles. The van der Waals surface area contributed by atoms with E-state index in [1.165, 1.54) is 0 Å². The number of hydrogen-bond acceptors (Lipinski definition) is 3. The first kappa shape index (κ1) is 12.9. The number of nitrogens with zero attached hydrogens (tertiary/aromatic N) is 1. The molecular weight excluding hydrogens is 218 g/mol. The minimum Gasteiger partial charge on any atom is -0.366 e. The van der Waals surface area contributed by atoms with Gasteiger partial charge in [-0.25, -0.2) is 5.84 Å². The summed E-state index contributed by atoms with van der Waals surface area (Å²) in [6, 6.07) is 6.53. The molecule has 0 fully saturated rings. The second kappa shape index (κ2) is 5.81. The van der Waals surface area contributed by atoms with E-state index in [1.807, 2.05) is 0 Å². The predicted octanol–water partition coefficient (Wildman–Crippen LogP) is 0.216. The lowest BCUT2D eigenvalue weighted by atomic mass is 10.1. The molecular formula is C12H15N3O2. The van der Waals surface area contributed by atoms with Gasteiger partial charge in [0.1, 0.15) is 0 Å².